The van der Waals surface area contributed by atoms with Gasteiger partial charge in [0.25, 0.3) is 5.91 Å². The van der Waals surface area contributed by atoms with Gasteiger partial charge in [-0.1, -0.05) is 37.6 Å². The summed E-state index contributed by atoms with van der Waals surface area (Å²) in [5.41, 5.74) is 0.151. The summed E-state index contributed by atoms with van der Waals surface area (Å²) in [6.45, 7) is 1.78. The minimum atomic E-state index is -4.51. The van der Waals surface area contributed by atoms with E-state index < -0.39 is 30.6 Å². The van der Waals surface area contributed by atoms with Crippen molar-refractivity contribution in [2.45, 2.75) is 26.1 Å². The summed E-state index contributed by atoms with van der Waals surface area (Å²) in [7, 11) is 0. The third-order valence-electron chi connectivity index (χ3n) is 2.82. The molecular formula is C14H16ClF3N2O2. The fraction of sp³-hybridized carbons (Fsp3) is 0.429. The second-order valence-electron chi connectivity index (χ2n) is 5.01. The van der Waals surface area contributed by atoms with Crippen LogP contribution in [0.2, 0.25) is 5.02 Å². The molecule has 0 aliphatic heterocycles. The van der Waals surface area contributed by atoms with Crippen LogP contribution in [0, 0.1) is 5.92 Å². The summed E-state index contributed by atoms with van der Waals surface area (Å²) in [6, 6.07) is 5.10. The number of hydrogen-bond donors (Lipinski definition) is 2. The van der Waals surface area contributed by atoms with Gasteiger partial charge in [0.1, 0.15) is 12.6 Å². The number of carbonyl (C=O) groups is 2. The Morgan fingerprint density at radius 1 is 1.23 bits per heavy atom. The van der Waals surface area contributed by atoms with Gasteiger partial charge in [-0.3, -0.25) is 9.59 Å². The molecule has 0 aliphatic carbocycles. The van der Waals surface area contributed by atoms with E-state index in [9.17, 15) is 22.8 Å². The lowest BCUT2D eigenvalue weighted by Gasteiger charge is -2.22. The Morgan fingerprint density at radius 2 is 1.82 bits per heavy atom. The molecule has 1 unspecified atom stereocenters. The van der Waals surface area contributed by atoms with Crippen LogP contribution in [0.3, 0.4) is 0 Å². The van der Waals surface area contributed by atoms with Crippen molar-refractivity contribution in [1.29, 1.82) is 0 Å². The van der Waals surface area contributed by atoms with Crippen molar-refractivity contribution in [3.63, 3.8) is 0 Å². The van der Waals surface area contributed by atoms with E-state index in [1.807, 2.05) is 0 Å². The summed E-state index contributed by atoms with van der Waals surface area (Å²) >= 11 is 5.87. The maximum atomic E-state index is 12.1. The van der Waals surface area contributed by atoms with Gasteiger partial charge in [0.05, 0.1) is 10.6 Å². The van der Waals surface area contributed by atoms with Crippen LogP contribution in [0.1, 0.15) is 24.2 Å². The van der Waals surface area contributed by atoms with Crippen LogP contribution >= 0.6 is 11.6 Å². The lowest BCUT2D eigenvalue weighted by molar-refractivity contribution is -0.140. The average Bonchev–Trinajstić information content (AvgIpc) is 2.41. The lowest BCUT2D eigenvalue weighted by atomic mass is 10.0. The molecule has 0 spiro atoms. The van der Waals surface area contributed by atoms with E-state index in [4.69, 9.17) is 11.6 Å². The van der Waals surface area contributed by atoms with Crippen molar-refractivity contribution in [3.8, 4) is 0 Å². The van der Waals surface area contributed by atoms with Gasteiger partial charge in [-0.25, -0.2) is 0 Å². The molecule has 0 aromatic heterocycles. The summed E-state index contributed by atoms with van der Waals surface area (Å²) in [5.74, 6) is -1.90. The van der Waals surface area contributed by atoms with Crippen molar-refractivity contribution in [2.24, 2.45) is 5.92 Å². The molecule has 22 heavy (non-hydrogen) atoms. The van der Waals surface area contributed by atoms with E-state index in [1.54, 1.807) is 31.3 Å². The Morgan fingerprint density at radius 3 is 2.32 bits per heavy atom. The summed E-state index contributed by atoms with van der Waals surface area (Å²) in [5, 5.41) is 4.36. The van der Waals surface area contributed by atoms with E-state index in [0.29, 0.717) is 0 Å². The summed E-state index contributed by atoms with van der Waals surface area (Å²) < 4.78 is 36.4. The van der Waals surface area contributed by atoms with E-state index in [-0.39, 0.29) is 16.5 Å². The number of halogens is 4. The fourth-order valence-corrected chi connectivity index (χ4v) is 1.92. The maximum Gasteiger partial charge on any atom is 0.405 e. The van der Waals surface area contributed by atoms with E-state index in [1.165, 1.54) is 12.1 Å². The second kappa shape index (κ2) is 7.49. The van der Waals surface area contributed by atoms with Crippen molar-refractivity contribution < 1.29 is 22.8 Å². The Hall–Kier alpha value is -1.76. The standard InChI is InChI=1S/C14H16ClF3N2O2/c1-8(2)11(13(22)19-7-14(16,17)18)20-12(21)9-5-3-4-6-10(9)15/h3-6,8,11H,7H2,1-2H3,(H,19,22)(H,20,21). The van der Waals surface area contributed by atoms with Gasteiger partial charge in [0.2, 0.25) is 5.91 Å². The van der Waals surface area contributed by atoms with Gasteiger partial charge < -0.3 is 10.6 Å². The molecule has 0 fully saturated rings. The molecule has 0 aliphatic rings. The summed E-state index contributed by atoms with van der Waals surface area (Å²) in [6.07, 6.45) is -4.51. The van der Waals surface area contributed by atoms with Gasteiger partial charge in [-0.15, -0.1) is 0 Å². The molecular weight excluding hydrogens is 321 g/mol. The van der Waals surface area contributed by atoms with Gasteiger partial charge in [-0.05, 0) is 18.1 Å². The van der Waals surface area contributed by atoms with Gasteiger partial charge in [0.15, 0.2) is 0 Å². The first kappa shape index (κ1) is 18.3. The highest BCUT2D eigenvalue weighted by atomic mass is 35.5. The van der Waals surface area contributed by atoms with Crippen molar-refractivity contribution in [3.05, 3.63) is 34.9 Å². The van der Waals surface area contributed by atoms with Crippen molar-refractivity contribution in [1.82, 2.24) is 10.6 Å². The molecule has 2 amide bonds. The molecule has 2 N–H and O–H groups in total. The quantitative estimate of drug-likeness (QED) is 0.868. The molecule has 0 bridgehead atoms. The fourth-order valence-electron chi connectivity index (χ4n) is 1.70. The third kappa shape index (κ3) is 5.55. The van der Waals surface area contributed by atoms with Gasteiger partial charge in [0, 0.05) is 0 Å². The minimum Gasteiger partial charge on any atom is -0.345 e. The zero-order valence-corrected chi connectivity index (χ0v) is 12.8. The number of alkyl halides is 3. The van der Waals surface area contributed by atoms with Crippen molar-refractivity contribution >= 4 is 23.4 Å². The highest BCUT2D eigenvalue weighted by molar-refractivity contribution is 6.33. The minimum absolute atomic E-state index is 0.151. The van der Waals surface area contributed by atoms with Gasteiger partial charge >= 0.3 is 6.18 Å². The molecule has 0 heterocycles. The topological polar surface area (TPSA) is 58.2 Å². The summed E-state index contributed by atoms with van der Waals surface area (Å²) in [4.78, 5) is 23.9. The van der Waals surface area contributed by atoms with E-state index >= 15 is 0 Å². The first-order valence-electron chi connectivity index (χ1n) is 6.51. The number of hydrogen-bond acceptors (Lipinski definition) is 2. The Labute approximate surface area is 131 Å². The number of benzene rings is 1. The maximum absolute atomic E-state index is 12.1. The molecule has 0 radical (unpaired) electrons. The predicted octanol–water partition coefficient (Wildman–Crippen LogP) is 2.77. The molecule has 122 valence electrons. The smallest absolute Gasteiger partial charge is 0.345 e. The normalized spacial score (nSPS) is 12.9. The van der Waals surface area contributed by atoms with Crippen LogP contribution in [0.4, 0.5) is 13.2 Å². The van der Waals surface area contributed by atoms with Crippen LogP contribution in [0.15, 0.2) is 24.3 Å². The van der Waals surface area contributed by atoms with Gasteiger partial charge in [-0.2, -0.15) is 13.2 Å². The van der Waals surface area contributed by atoms with Crippen LogP contribution in [0.5, 0.6) is 0 Å². The first-order chi connectivity index (χ1) is 10.1. The Balaban J connectivity index is 2.78. The lowest BCUT2D eigenvalue weighted by Crippen LogP contribution is -2.51. The SMILES string of the molecule is CC(C)C(NC(=O)c1ccccc1Cl)C(=O)NCC(F)(F)F. The molecule has 8 heteroatoms. The zero-order valence-electron chi connectivity index (χ0n) is 12.0. The molecule has 0 saturated heterocycles. The Bertz CT molecular complexity index is 547. The number of amides is 2. The van der Waals surface area contributed by atoms with E-state index in [2.05, 4.69) is 5.32 Å². The van der Waals surface area contributed by atoms with Crippen LogP contribution in [-0.2, 0) is 4.79 Å². The highest BCUT2D eigenvalue weighted by Crippen LogP contribution is 2.16. The van der Waals surface area contributed by atoms with Crippen LogP contribution < -0.4 is 10.6 Å². The monoisotopic (exact) mass is 336 g/mol. The number of carbonyl (C=O) groups excluding carboxylic acids is 2. The average molecular weight is 337 g/mol. The Kier molecular flexibility index (Phi) is 6.22. The van der Waals surface area contributed by atoms with Crippen molar-refractivity contribution in [2.75, 3.05) is 6.54 Å². The third-order valence-corrected chi connectivity index (χ3v) is 3.15. The molecule has 4 nitrogen and oxygen atoms in total. The molecule has 0 saturated carbocycles. The van der Waals surface area contributed by atoms with Crippen LogP contribution in [-0.4, -0.2) is 30.6 Å². The predicted molar refractivity (Wildman–Crippen MR) is 76.6 cm³/mol. The number of nitrogens with one attached hydrogen (secondary N) is 2. The van der Waals surface area contributed by atoms with Crippen LogP contribution in [0.25, 0.3) is 0 Å². The molecule has 1 rings (SSSR count). The zero-order chi connectivity index (χ0) is 16.9. The van der Waals surface area contributed by atoms with E-state index in [0.717, 1.165) is 0 Å². The molecule has 1 aromatic rings. The highest BCUT2D eigenvalue weighted by Gasteiger charge is 2.31. The molecule has 1 aromatic carbocycles. The number of rotatable bonds is 5. The first-order valence-corrected chi connectivity index (χ1v) is 6.89. The largest absolute Gasteiger partial charge is 0.405 e. The second-order valence-corrected chi connectivity index (χ2v) is 5.42. The molecule has 1 atom stereocenters.